The van der Waals surface area contributed by atoms with Crippen LogP contribution in [0.15, 0.2) is 59.7 Å². The SMILES string of the molecule is N#Cc1cccc(Cn2cnn(-c3ccc(C4CNNC4)cc3)c2=O)c1. The Morgan fingerprint density at radius 3 is 2.65 bits per heavy atom. The largest absolute Gasteiger partial charge is 0.350 e. The highest BCUT2D eigenvalue weighted by Crippen LogP contribution is 2.18. The summed E-state index contributed by atoms with van der Waals surface area (Å²) in [5, 5.41) is 13.2. The molecule has 0 saturated carbocycles. The first-order valence-electron chi connectivity index (χ1n) is 8.44. The Morgan fingerprint density at radius 2 is 1.92 bits per heavy atom. The minimum absolute atomic E-state index is 0.204. The van der Waals surface area contributed by atoms with Crippen molar-refractivity contribution in [2.75, 3.05) is 13.1 Å². The fraction of sp³-hybridized carbons (Fsp3) is 0.211. The van der Waals surface area contributed by atoms with Crippen molar-refractivity contribution in [3.8, 4) is 11.8 Å². The van der Waals surface area contributed by atoms with E-state index in [0.29, 0.717) is 18.0 Å². The summed E-state index contributed by atoms with van der Waals surface area (Å²) in [6, 6.07) is 17.3. The number of aromatic nitrogens is 3. The zero-order chi connectivity index (χ0) is 17.9. The van der Waals surface area contributed by atoms with Gasteiger partial charge in [0.1, 0.15) is 6.33 Å². The Labute approximate surface area is 150 Å². The second-order valence-electron chi connectivity index (χ2n) is 6.32. The van der Waals surface area contributed by atoms with E-state index in [-0.39, 0.29) is 5.69 Å². The summed E-state index contributed by atoms with van der Waals surface area (Å²) in [4.78, 5) is 12.6. The number of nitrogens with zero attached hydrogens (tertiary/aromatic N) is 4. The number of hydrazine groups is 1. The monoisotopic (exact) mass is 346 g/mol. The van der Waals surface area contributed by atoms with Crippen LogP contribution in [0.2, 0.25) is 0 Å². The zero-order valence-corrected chi connectivity index (χ0v) is 14.1. The van der Waals surface area contributed by atoms with E-state index in [0.717, 1.165) is 24.3 Å². The van der Waals surface area contributed by atoms with E-state index in [1.165, 1.54) is 21.1 Å². The molecule has 0 radical (unpaired) electrons. The van der Waals surface area contributed by atoms with Gasteiger partial charge in [-0.05, 0) is 35.4 Å². The summed E-state index contributed by atoms with van der Waals surface area (Å²) < 4.78 is 2.93. The molecule has 7 nitrogen and oxygen atoms in total. The van der Waals surface area contributed by atoms with E-state index in [2.05, 4.69) is 22.0 Å². The van der Waals surface area contributed by atoms with Crippen molar-refractivity contribution in [2.45, 2.75) is 12.5 Å². The average Bonchev–Trinajstić information content (AvgIpc) is 3.33. The smallest absolute Gasteiger partial charge is 0.277 e. The third-order valence-corrected chi connectivity index (χ3v) is 4.57. The summed E-state index contributed by atoms with van der Waals surface area (Å²) in [6.07, 6.45) is 1.53. The van der Waals surface area contributed by atoms with Crippen molar-refractivity contribution < 1.29 is 0 Å². The zero-order valence-electron chi connectivity index (χ0n) is 14.1. The fourth-order valence-corrected chi connectivity index (χ4v) is 3.14. The summed E-state index contributed by atoms with van der Waals surface area (Å²) in [5.74, 6) is 0.436. The molecule has 1 aliphatic rings. The van der Waals surface area contributed by atoms with Crippen LogP contribution in [0.4, 0.5) is 0 Å². The van der Waals surface area contributed by atoms with Gasteiger partial charge in [0.2, 0.25) is 0 Å². The normalized spacial score (nSPS) is 14.4. The summed E-state index contributed by atoms with van der Waals surface area (Å²) in [6.45, 7) is 2.18. The molecule has 2 heterocycles. The Hall–Kier alpha value is -3.21. The summed E-state index contributed by atoms with van der Waals surface area (Å²) in [5.41, 5.74) is 9.47. The molecule has 2 aromatic carbocycles. The fourth-order valence-electron chi connectivity index (χ4n) is 3.14. The minimum atomic E-state index is -0.204. The van der Waals surface area contributed by atoms with Crippen LogP contribution in [-0.2, 0) is 6.54 Å². The van der Waals surface area contributed by atoms with Crippen molar-refractivity contribution in [1.29, 1.82) is 5.26 Å². The van der Waals surface area contributed by atoms with E-state index in [1.807, 2.05) is 36.4 Å². The number of benzene rings is 2. The molecule has 4 rings (SSSR count). The van der Waals surface area contributed by atoms with Crippen molar-refractivity contribution in [2.24, 2.45) is 0 Å². The lowest BCUT2D eigenvalue weighted by atomic mass is 10.0. The molecular weight excluding hydrogens is 328 g/mol. The predicted molar refractivity (Wildman–Crippen MR) is 96.8 cm³/mol. The van der Waals surface area contributed by atoms with Gasteiger partial charge in [0.05, 0.1) is 23.9 Å². The molecule has 0 atom stereocenters. The molecule has 0 spiro atoms. The van der Waals surface area contributed by atoms with Gasteiger partial charge in [-0.1, -0.05) is 24.3 Å². The average molecular weight is 346 g/mol. The van der Waals surface area contributed by atoms with Gasteiger partial charge in [-0.25, -0.2) is 4.79 Å². The van der Waals surface area contributed by atoms with Crippen LogP contribution >= 0.6 is 0 Å². The van der Waals surface area contributed by atoms with Gasteiger partial charge < -0.3 is 0 Å². The maximum atomic E-state index is 12.6. The maximum Gasteiger partial charge on any atom is 0.350 e. The lowest BCUT2D eigenvalue weighted by Gasteiger charge is -2.08. The number of hydrogen-bond donors (Lipinski definition) is 2. The predicted octanol–water partition coefficient (Wildman–Crippen LogP) is 1.15. The van der Waals surface area contributed by atoms with Crippen molar-refractivity contribution in [3.05, 3.63) is 82.0 Å². The van der Waals surface area contributed by atoms with Crippen LogP contribution < -0.4 is 16.5 Å². The number of nitrogens with one attached hydrogen (secondary N) is 2. The van der Waals surface area contributed by atoms with Gasteiger partial charge in [-0.3, -0.25) is 15.4 Å². The summed E-state index contributed by atoms with van der Waals surface area (Å²) >= 11 is 0. The van der Waals surface area contributed by atoms with Gasteiger partial charge in [0.15, 0.2) is 0 Å². The Morgan fingerprint density at radius 1 is 1.15 bits per heavy atom. The molecule has 0 bridgehead atoms. The molecule has 7 heteroatoms. The second-order valence-corrected chi connectivity index (χ2v) is 6.32. The molecule has 2 N–H and O–H groups in total. The van der Waals surface area contributed by atoms with Gasteiger partial charge >= 0.3 is 5.69 Å². The minimum Gasteiger partial charge on any atom is -0.277 e. The van der Waals surface area contributed by atoms with Crippen LogP contribution in [0.3, 0.4) is 0 Å². The lowest BCUT2D eigenvalue weighted by Crippen LogP contribution is -2.24. The Balaban J connectivity index is 1.57. The molecule has 1 aromatic heterocycles. The van der Waals surface area contributed by atoms with Crippen LogP contribution in [-0.4, -0.2) is 27.4 Å². The molecule has 0 unspecified atom stereocenters. The third-order valence-electron chi connectivity index (χ3n) is 4.57. The molecule has 3 aromatic rings. The molecule has 1 aliphatic heterocycles. The third kappa shape index (κ3) is 3.16. The first kappa shape index (κ1) is 16.3. The highest BCUT2D eigenvalue weighted by Gasteiger charge is 2.16. The summed E-state index contributed by atoms with van der Waals surface area (Å²) in [7, 11) is 0. The highest BCUT2D eigenvalue weighted by atomic mass is 16.2. The molecule has 0 amide bonds. The van der Waals surface area contributed by atoms with Crippen LogP contribution in [0.5, 0.6) is 0 Å². The Kier molecular flexibility index (Phi) is 4.35. The maximum absolute atomic E-state index is 12.6. The van der Waals surface area contributed by atoms with E-state index in [4.69, 9.17) is 5.26 Å². The number of rotatable bonds is 4. The molecule has 0 aliphatic carbocycles. The van der Waals surface area contributed by atoms with Crippen LogP contribution in [0, 0.1) is 11.3 Å². The van der Waals surface area contributed by atoms with Crippen LogP contribution in [0.25, 0.3) is 5.69 Å². The van der Waals surface area contributed by atoms with Crippen molar-refractivity contribution >= 4 is 0 Å². The molecule has 130 valence electrons. The van der Waals surface area contributed by atoms with E-state index in [9.17, 15) is 4.79 Å². The van der Waals surface area contributed by atoms with Crippen molar-refractivity contribution in [1.82, 2.24) is 25.2 Å². The molecule has 26 heavy (non-hydrogen) atoms. The van der Waals surface area contributed by atoms with Crippen LogP contribution in [0.1, 0.15) is 22.6 Å². The highest BCUT2D eigenvalue weighted by molar-refractivity contribution is 5.36. The molecular formula is C19H18N6O. The molecule has 1 saturated heterocycles. The quantitative estimate of drug-likeness (QED) is 0.740. The number of hydrogen-bond acceptors (Lipinski definition) is 5. The van der Waals surface area contributed by atoms with Gasteiger partial charge in [0, 0.05) is 19.0 Å². The van der Waals surface area contributed by atoms with Crippen molar-refractivity contribution in [3.63, 3.8) is 0 Å². The van der Waals surface area contributed by atoms with E-state index in [1.54, 1.807) is 12.1 Å². The van der Waals surface area contributed by atoms with E-state index < -0.39 is 0 Å². The van der Waals surface area contributed by atoms with Gasteiger partial charge in [0.25, 0.3) is 0 Å². The topological polar surface area (TPSA) is 87.7 Å². The number of nitriles is 1. The molecule has 1 fully saturated rings. The van der Waals surface area contributed by atoms with Gasteiger partial charge in [-0.2, -0.15) is 15.0 Å². The first-order chi connectivity index (χ1) is 12.7. The van der Waals surface area contributed by atoms with Gasteiger partial charge in [-0.15, -0.1) is 0 Å². The van der Waals surface area contributed by atoms with E-state index >= 15 is 0 Å². The lowest BCUT2D eigenvalue weighted by molar-refractivity contribution is 0.689. The Bertz CT molecular complexity index is 1010. The second kappa shape index (κ2) is 6.96. The standard InChI is InChI=1S/C19H18N6O/c20-9-14-2-1-3-15(8-14)12-24-13-23-25(19(24)26)18-6-4-16(5-7-18)17-10-21-22-11-17/h1-8,13,17,21-22H,10-12H2. The first-order valence-corrected chi connectivity index (χ1v) is 8.44.